The lowest BCUT2D eigenvalue weighted by atomic mass is 10.2. The summed E-state index contributed by atoms with van der Waals surface area (Å²) < 4.78 is 4.69. The van der Waals surface area contributed by atoms with Crippen LogP contribution in [0.3, 0.4) is 0 Å². The molecule has 0 aliphatic carbocycles. The summed E-state index contributed by atoms with van der Waals surface area (Å²) in [5.74, 6) is -0.480. The Morgan fingerprint density at radius 3 is 2.71 bits per heavy atom. The van der Waals surface area contributed by atoms with Gasteiger partial charge >= 0.3 is 12.0 Å². The van der Waals surface area contributed by atoms with Gasteiger partial charge in [-0.15, -0.1) is 11.3 Å². The second kappa shape index (κ2) is 6.60. The van der Waals surface area contributed by atoms with E-state index >= 15 is 0 Å². The third kappa shape index (κ3) is 3.74. The van der Waals surface area contributed by atoms with Crippen molar-refractivity contribution >= 4 is 46.3 Å². The number of thiophene rings is 1. The molecule has 0 unspecified atom stereocenters. The van der Waals surface area contributed by atoms with Crippen LogP contribution in [0.2, 0.25) is 5.02 Å². The van der Waals surface area contributed by atoms with Crippen molar-refractivity contribution in [1.29, 1.82) is 0 Å². The zero-order valence-corrected chi connectivity index (χ0v) is 13.0. The summed E-state index contributed by atoms with van der Waals surface area (Å²) in [6.45, 7) is 1.80. The number of aryl methyl sites for hydroxylation is 1. The van der Waals surface area contributed by atoms with E-state index in [9.17, 15) is 9.59 Å². The Labute approximate surface area is 130 Å². The molecule has 2 rings (SSSR count). The average molecular weight is 325 g/mol. The van der Waals surface area contributed by atoms with Gasteiger partial charge in [-0.3, -0.25) is 0 Å². The average Bonchev–Trinajstić information content (AvgIpc) is 2.79. The molecule has 7 heteroatoms. The van der Waals surface area contributed by atoms with E-state index in [1.165, 1.54) is 18.4 Å². The predicted octanol–water partition coefficient (Wildman–Crippen LogP) is 4.14. The van der Waals surface area contributed by atoms with Crippen LogP contribution in [0.5, 0.6) is 0 Å². The summed E-state index contributed by atoms with van der Waals surface area (Å²) in [6.07, 6.45) is 0. The Balaban J connectivity index is 2.13. The zero-order valence-electron chi connectivity index (χ0n) is 11.4. The van der Waals surface area contributed by atoms with Crippen LogP contribution in [0, 0.1) is 6.92 Å². The van der Waals surface area contributed by atoms with Gasteiger partial charge in [0.2, 0.25) is 0 Å². The van der Waals surface area contributed by atoms with E-state index < -0.39 is 12.0 Å². The maximum atomic E-state index is 12.0. The Morgan fingerprint density at radius 2 is 2.05 bits per heavy atom. The molecular weight excluding hydrogens is 312 g/mol. The fraction of sp³-hybridized carbons (Fsp3) is 0.143. The summed E-state index contributed by atoms with van der Waals surface area (Å²) in [4.78, 5) is 24.0. The standard InChI is InChI=1S/C14H13ClN2O3S/c1-8-7-21-12(13(18)20-2)11(8)17-14(19)16-10-5-3-4-9(15)6-10/h3-7H,1-2H3,(H2,16,17,19). The maximum absolute atomic E-state index is 12.0. The number of methoxy groups -OCH3 is 1. The first-order chi connectivity index (χ1) is 10.0. The second-order valence-corrected chi connectivity index (χ2v) is 5.52. The molecule has 0 atom stereocenters. The van der Waals surface area contributed by atoms with E-state index in [1.54, 1.807) is 36.6 Å². The number of hydrogen-bond acceptors (Lipinski definition) is 4. The first-order valence-electron chi connectivity index (χ1n) is 6.01. The molecular formula is C14H13ClN2O3S. The molecule has 0 aliphatic rings. The SMILES string of the molecule is COC(=O)c1scc(C)c1NC(=O)Nc1cccc(Cl)c1. The van der Waals surface area contributed by atoms with Crippen molar-refractivity contribution < 1.29 is 14.3 Å². The number of ether oxygens (including phenoxy) is 1. The van der Waals surface area contributed by atoms with Crippen molar-refractivity contribution in [3.05, 3.63) is 45.1 Å². The lowest BCUT2D eigenvalue weighted by molar-refractivity contribution is 0.0607. The minimum Gasteiger partial charge on any atom is -0.465 e. The highest BCUT2D eigenvalue weighted by Crippen LogP contribution is 2.28. The highest BCUT2D eigenvalue weighted by Gasteiger charge is 2.18. The molecule has 0 saturated carbocycles. The molecule has 2 aromatic rings. The number of esters is 1. The van der Waals surface area contributed by atoms with Crippen molar-refractivity contribution in [3.63, 3.8) is 0 Å². The van der Waals surface area contributed by atoms with Gasteiger partial charge in [0.15, 0.2) is 0 Å². The molecule has 0 spiro atoms. The van der Waals surface area contributed by atoms with Crippen LogP contribution in [-0.2, 0) is 4.74 Å². The van der Waals surface area contributed by atoms with Crippen molar-refractivity contribution in [2.75, 3.05) is 17.7 Å². The quantitative estimate of drug-likeness (QED) is 0.834. The molecule has 21 heavy (non-hydrogen) atoms. The smallest absolute Gasteiger partial charge is 0.350 e. The molecule has 1 aromatic heterocycles. The summed E-state index contributed by atoms with van der Waals surface area (Å²) in [5, 5.41) is 7.61. The van der Waals surface area contributed by atoms with Crippen molar-refractivity contribution in [3.8, 4) is 0 Å². The molecule has 2 N–H and O–H groups in total. The Hall–Kier alpha value is -2.05. The molecule has 2 amide bonds. The fourth-order valence-corrected chi connectivity index (χ4v) is 2.80. The number of carbonyl (C=O) groups is 2. The second-order valence-electron chi connectivity index (χ2n) is 4.20. The topological polar surface area (TPSA) is 67.4 Å². The highest BCUT2D eigenvalue weighted by atomic mass is 35.5. The Bertz CT molecular complexity index is 685. The zero-order chi connectivity index (χ0) is 15.4. The van der Waals surface area contributed by atoms with Crippen LogP contribution in [-0.4, -0.2) is 19.1 Å². The Morgan fingerprint density at radius 1 is 1.29 bits per heavy atom. The van der Waals surface area contributed by atoms with E-state index in [-0.39, 0.29) is 0 Å². The molecule has 5 nitrogen and oxygen atoms in total. The number of anilines is 2. The van der Waals surface area contributed by atoms with Crippen LogP contribution < -0.4 is 10.6 Å². The molecule has 0 radical (unpaired) electrons. The van der Waals surface area contributed by atoms with Gasteiger partial charge in [-0.05, 0) is 36.1 Å². The summed E-state index contributed by atoms with van der Waals surface area (Å²) in [5.41, 5.74) is 1.81. The van der Waals surface area contributed by atoms with Gasteiger partial charge in [0.25, 0.3) is 0 Å². The number of amides is 2. The van der Waals surface area contributed by atoms with Gasteiger partial charge in [0.05, 0.1) is 12.8 Å². The van der Waals surface area contributed by atoms with E-state index in [1.807, 2.05) is 0 Å². The minimum atomic E-state index is -0.480. The van der Waals surface area contributed by atoms with E-state index in [0.717, 1.165) is 5.56 Å². The number of carbonyl (C=O) groups excluding carboxylic acids is 2. The number of benzene rings is 1. The third-order valence-corrected chi connectivity index (χ3v) is 3.98. The van der Waals surface area contributed by atoms with E-state index in [4.69, 9.17) is 11.6 Å². The molecule has 0 bridgehead atoms. The molecule has 1 heterocycles. The van der Waals surface area contributed by atoms with Gasteiger partial charge in [0.1, 0.15) is 4.88 Å². The van der Waals surface area contributed by atoms with Crippen LogP contribution in [0.1, 0.15) is 15.2 Å². The van der Waals surface area contributed by atoms with Crippen molar-refractivity contribution in [1.82, 2.24) is 0 Å². The van der Waals surface area contributed by atoms with Crippen LogP contribution >= 0.6 is 22.9 Å². The number of rotatable bonds is 3. The van der Waals surface area contributed by atoms with Crippen molar-refractivity contribution in [2.24, 2.45) is 0 Å². The van der Waals surface area contributed by atoms with Crippen LogP contribution in [0.4, 0.5) is 16.2 Å². The van der Waals surface area contributed by atoms with Gasteiger partial charge in [-0.2, -0.15) is 0 Å². The number of urea groups is 1. The largest absolute Gasteiger partial charge is 0.465 e. The third-order valence-electron chi connectivity index (χ3n) is 2.67. The molecule has 0 saturated heterocycles. The number of nitrogens with one attached hydrogen (secondary N) is 2. The normalized spacial score (nSPS) is 10.0. The van der Waals surface area contributed by atoms with E-state index in [0.29, 0.717) is 21.3 Å². The minimum absolute atomic E-state index is 0.358. The molecule has 0 aliphatic heterocycles. The summed E-state index contributed by atoms with van der Waals surface area (Å²) in [7, 11) is 1.30. The lowest BCUT2D eigenvalue weighted by Crippen LogP contribution is -2.21. The maximum Gasteiger partial charge on any atom is 0.350 e. The highest BCUT2D eigenvalue weighted by molar-refractivity contribution is 7.12. The molecule has 1 aromatic carbocycles. The number of hydrogen-bond donors (Lipinski definition) is 2. The molecule has 110 valence electrons. The first kappa shape index (κ1) is 15.3. The number of halogens is 1. The lowest BCUT2D eigenvalue weighted by Gasteiger charge is -2.09. The van der Waals surface area contributed by atoms with Gasteiger partial charge in [0, 0.05) is 10.7 Å². The van der Waals surface area contributed by atoms with E-state index in [2.05, 4.69) is 15.4 Å². The van der Waals surface area contributed by atoms with Gasteiger partial charge in [-0.25, -0.2) is 9.59 Å². The van der Waals surface area contributed by atoms with Crippen molar-refractivity contribution in [2.45, 2.75) is 6.92 Å². The first-order valence-corrected chi connectivity index (χ1v) is 7.27. The Kier molecular flexibility index (Phi) is 4.82. The fourth-order valence-electron chi connectivity index (χ4n) is 1.68. The van der Waals surface area contributed by atoms with Crippen LogP contribution in [0.15, 0.2) is 29.6 Å². The monoisotopic (exact) mass is 324 g/mol. The summed E-state index contributed by atoms with van der Waals surface area (Å²) in [6, 6.07) is 6.33. The summed E-state index contributed by atoms with van der Waals surface area (Å²) >= 11 is 7.07. The predicted molar refractivity (Wildman–Crippen MR) is 84.5 cm³/mol. The van der Waals surface area contributed by atoms with Gasteiger partial charge < -0.3 is 15.4 Å². The molecule has 0 fully saturated rings. The van der Waals surface area contributed by atoms with Gasteiger partial charge in [-0.1, -0.05) is 17.7 Å². The van der Waals surface area contributed by atoms with Crippen LogP contribution in [0.25, 0.3) is 0 Å².